The lowest BCUT2D eigenvalue weighted by Crippen LogP contribution is -2.11. The van der Waals surface area contributed by atoms with Crippen LogP contribution in [0.2, 0.25) is 0 Å². The highest BCUT2D eigenvalue weighted by Crippen LogP contribution is 2.29. The largest absolute Gasteiger partial charge is 0.416 e. The van der Waals surface area contributed by atoms with E-state index in [0.29, 0.717) is 11.3 Å². The van der Waals surface area contributed by atoms with Gasteiger partial charge in [-0.1, -0.05) is 12.1 Å². The number of fused-ring (bicyclic) bond motifs is 1. The number of halogens is 3. The normalized spacial score (nSPS) is 11.8. The van der Waals surface area contributed by atoms with Crippen LogP contribution in [0.25, 0.3) is 17.0 Å². The van der Waals surface area contributed by atoms with Crippen LogP contribution < -0.4 is 10.2 Å². The van der Waals surface area contributed by atoms with Gasteiger partial charge in [0, 0.05) is 31.2 Å². The monoisotopic (exact) mass is 399 g/mol. The van der Waals surface area contributed by atoms with E-state index in [2.05, 4.69) is 10.3 Å². The van der Waals surface area contributed by atoms with Gasteiger partial charge >= 0.3 is 6.18 Å². The molecule has 0 saturated heterocycles. The molecule has 0 spiro atoms. The summed E-state index contributed by atoms with van der Waals surface area (Å²) in [5.41, 5.74) is 2.25. The van der Waals surface area contributed by atoms with E-state index in [1.807, 2.05) is 44.1 Å². The highest BCUT2D eigenvalue weighted by molar-refractivity contribution is 6.03. The van der Waals surface area contributed by atoms with Gasteiger partial charge in [-0.2, -0.15) is 13.2 Å². The number of anilines is 2. The van der Waals surface area contributed by atoms with Crippen LogP contribution in [-0.4, -0.2) is 25.0 Å². The van der Waals surface area contributed by atoms with Crippen LogP contribution in [0, 0.1) is 6.92 Å². The molecule has 0 atom stereocenters. The van der Waals surface area contributed by atoms with Crippen LogP contribution in [0.4, 0.5) is 24.7 Å². The van der Waals surface area contributed by atoms with Gasteiger partial charge in [0.25, 0.3) is 0 Å². The summed E-state index contributed by atoms with van der Waals surface area (Å²) in [5.74, 6) is 0.478. The standard InChI is InChI=1S/C22H20F3N3O/c1-14-12-20(28(2)3)27-19-10-9-17(13-18(14)19)26-21(29)11-6-15-4-7-16(8-5-15)22(23,24)25/h4-13H,1-3H3,(H,26,29). The molecule has 0 saturated carbocycles. The van der Waals surface area contributed by atoms with Gasteiger partial charge in [0.2, 0.25) is 5.91 Å². The van der Waals surface area contributed by atoms with Gasteiger partial charge in [0.1, 0.15) is 5.82 Å². The molecule has 1 amide bonds. The topological polar surface area (TPSA) is 45.2 Å². The summed E-state index contributed by atoms with van der Waals surface area (Å²) < 4.78 is 37.8. The van der Waals surface area contributed by atoms with E-state index in [0.717, 1.165) is 34.4 Å². The molecule has 4 nitrogen and oxygen atoms in total. The Labute approximate surface area is 166 Å². The van der Waals surface area contributed by atoms with Crippen LogP contribution in [-0.2, 0) is 11.0 Å². The summed E-state index contributed by atoms with van der Waals surface area (Å²) >= 11 is 0. The van der Waals surface area contributed by atoms with E-state index in [-0.39, 0.29) is 5.91 Å². The Bertz CT molecular complexity index is 1070. The lowest BCUT2D eigenvalue weighted by atomic mass is 10.1. The maximum absolute atomic E-state index is 12.6. The Morgan fingerprint density at radius 2 is 1.76 bits per heavy atom. The lowest BCUT2D eigenvalue weighted by Gasteiger charge is -2.14. The number of nitrogens with one attached hydrogen (secondary N) is 1. The number of amides is 1. The smallest absolute Gasteiger partial charge is 0.363 e. The molecule has 3 rings (SSSR count). The summed E-state index contributed by atoms with van der Waals surface area (Å²) in [6, 6.07) is 12.0. The summed E-state index contributed by atoms with van der Waals surface area (Å²) in [5, 5.41) is 3.69. The van der Waals surface area contributed by atoms with Gasteiger partial charge in [-0.25, -0.2) is 4.98 Å². The molecule has 1 heterocycles. The Balaban J connectivity index is 1.73. The molecule has 7 heteroatoms. The molecule has 29 heavy (non-hydrogen) atoms. The second-order valence-electron chi connectivity index (χ2n) is 6.87. The first-order chi connectivity index (χ1) is 13.6. The van der Waals surface area contributed by atoms with E-state index in [1.165, 1.54) is 24.3 Å². The molecule has 150 valence electrons. The zero-order valence-electron chi connectivity index (χ0n) is 16.2. The molecule has 2 aromatic carbocycles. The summed E-state index contributed by atoms with van der Waals surface area (Å²) in [6.45, 7) is 1.98. The van der Waals surface area contributed by atoms with Crippen molar-refractivity contribution in [3.63, 3.8) is 0 Å². The number of rotatable bonds is 4. The van der Waals surface area contributed by atoms with Crippen molar-refractivity contribution in [2.24, 2.45) is 0 Å². The highest BCUT2D eigenvalue weighted by Gasteiger charge is 2.29. The van der Waals surface area contributed by atoms with E-state index >= 15 is 0 Å². The summed E-state index contributed by atoms with van der Waals surface area (Å²) in [7, 11) is 3.84. The highest BCUT2D eigenvalue weighted by atomic mass is 19.4. The molecule has 0 unspecified atom stereocenters. The molecule has 0 aliphatic heterocycles. The fraction of sp³-hybridized carbons (Fsp3) is 0.182. The van der Waals surface area contributed by atoms with E-state index in [9.17, 15) is 18.0 Å². The minimum absolute atomic E-state index is 0.375. The van der Waals surface area contributed by atoms with Gasteiger partial charge in [0.05, 0.1) is 11.1 Å². The molecular weight excluding hydrogens is 379 g/mol. The van der Waals surface area contributed by atoms with Crippen LogP contribution in [0.15, 0.2) is 54.6 Å². The van der Waals surface area contributed by atoms with Crippen LogP contribution >= 0.6 is 0 Å². The molecule has 0 bridgehead atoms. The van der Waals surface area contributed by atoms with Crippen molar-refractivity contribution in [2.75, 3.05) is 24.3 Å². The molecule has 0 aliphatic rings. The third kappa shape index (κ3) is 4.93. The number of carbonyl (C=O) groups excluding carboxylic acids is 1. The molecule has 1 aromatic heterocycles. The minimum atomic E-state index is -4.38. The third-order valence-corrected chi connectivity index (χ3v) is 4.39. The number of carbonyl (C=O) groups is 1. The van der Waals surface area contributed by atoms with Crippen molar-refractivity contribution < 1.29 is 18.0 Å². The number of benzene rings is 2. The maximum atomic E-state index is 12.6. The predicted molar refractivity (Wildman–Crippen MR) is 110 cm³/mol. The van der Waals surface area contributed by atoms with Gasteiger partial charge in [-0.05, 0) is 60.5 Å². The first-order valence-corrected chi connectivity index (χ1v) is 8.88. The molecule has 0 fully saturated rings. The summed E-state index contributed by atoms with van der Waals surface area (Å²) in [6.07, 6.45) is -1.63. The van der Waals surface area contributed by atoms with Crippen LogP contribution in [0.5, 0.6) is 0 Å². The fourth-order valence-corrected chi connectivity index (χ4v) is 2.82. The van der Waals surface area contributed by atoms with Crippen molar-refractivity contribution in [3.05, 3.63) is 71.3 Å². The number of pyridine rings is 1. The number of nitrogens with zero attached hydrogens (tertiary/aromatic N) is 2. The average molecular weight is 399 g/mol. The Hall–Kier alpha value is -3.35. The van der Waals surface area contributed by atoms with Crippen molar-refractivity contribution in [2.45, 2.75) is 13.1 Å². The lowest BCUT2D eigenvalue weighted by molar-refractivity contribution is -0.137. The van der Waals surface area contributed by atoms with Crippen LogP contribution in [0.1, 0.15) is 16.7 Å². The zero-order valence-corrected chi connectivity index (χ0v) is 16.2. The number of hydrogen-bond donors (Lipinski definition) is 1. The van der Waals surface area contributed by atoms with Gasteiger partial charge in [-0.15, -0.1) is 0 Å². The second-order valence-corrected chi connectivity index (χ2v) is 6.87. The zero-order chi connectivity index (χ0) is 21.2. The number of alkyl halides is 3. The summed E-state index contributed by atoms with van der Waals surface area (Å²) in [4.78, 5) is 18.7. The van der Waals surface area contributed by atoms with Crippen molar-refractivity contribution in [1.29, 1.82) is 0 Å². The third-order valence-electron chi connectivity index (χ3n) is 4.39. The Morgan fingerprint density at radius 3 is 2.38 bits per heavy atom. The first kappa shape index (κ1) is 20.4. The SMILES string of the molecule is Cc1cc(N(C)C)nc2ccc(NC(=O)C=Cc3ccc(C(F)(F)F)cc3)cc12. The molecular formula is C22H20F3N3O. The quantitative estimate of drug-likeness (QED) is 0.607. The molecule has 0 radical (unpaired) electrons. The number of aryl methyl sites for hydroxylation is 1. The van der Waals surface area contributed by atoms with Crippen LogP contribution in [0.3, 0.4) is 0 Å². The predicted octanol–water partition coefficient (Wildman–Crippen LogP) is 5.28. The van der Waals surface area contributed by atoms with Gasteiger partial charge < -0.3 is 10.2 Å². The van der Waals surface area contributed by atoms with Gasteiger partial charge in [0.15, 0.2) is 0 Å². The Morgan fingerprint density at radius 1 is 1.07 bits per heavy atom. The minimum Gasteiger partial charge on any atom is -0.363 e. The van der Waals surface area contributed by atoms with E-state index in [1.54, 1.807) is 6.07 Å². The first-order valence-electron chi connectivity index (χ1n) is 8.88. The molecule has 0 aliphatic carbocycles. The second kappa shape index (κ2) is 7.95. The van der Waals surface area contributed by atoms with E-state index in [4.69, 9.17) is 0 Å². The maximum Gasteiger partial charge on any atom is 0.416 e. The van der Waals surface area contributed by atoms with E-state index < -0.39 is 11.7 Å². The van der Waals surface area contributed by atoms with Crippen molar-refractivity contribution >= 4 is 34.4 Å². The van der Waals surface area contributed by atoms with Gasteiger partial charge in [-0.3, -0.25) is 4.79 Å². The molecule has 1 N–H and O–H groups in total. The number of aromatic nitrogens is 1. The Kier molecular flexibility index (Phi) is 5.59. The van der Waals surface area contributed by atoms with Crippen molar-refractivity contribution in [3.8, 4) is 0 Å². The average Bonchev–Trinajstić information content (AvgIpc) is 2.66. The fourth-order valence-electron chi connectivity index (χ4n) is 2.82. The van der Waals surface area contributed by atoms with Crippen molar-refractivity contribution in [1.82, 2.24) is 4.98 Å². The number of hydrogen-bond acceptors (Lipinski definition) is 3. The molecule has 3 aromatic rings.